The minimum absolute atomic E-state index is 0.0268. The zero-order valence-electron chi connectivity index (χ0n) is 16.1. The van der Waals surface area contributed by atoms with Gasteiger partial charge in [0.05, 0.1) is 17.0 Å². The van der Waals surface area contributed by atoms with Crippen LogP contribution in [-0.2, 0) is 0 Å². The van der Waals surface area contributed by atoms with E-state index in [1.807, 2.05) is 19.0 Å². The molecule has 1 aromatic heterocycles. The van der Waals surface area contributed by atoms with Gasteiger partial charge in [-0.2, -0.15) is 0 Å². The zero-order chi connectivity index (χ0) is 20.7. The number of amides is 1. The number of nitrogens with zero attached hydrogens (tertiary/aromatic N) is 2. The van der Waals surface area contributed by atoms with E-state index in [0.717, 1.165) is 24.6 Å². The molecule has 0 N–H and O–H groups in total. The van der Waals surface area contributed by atoms with Crippen molar-refractivity contribution in [2.24, 2.45) is 0 Å². The summed E-state index contributed by atoms with van der Waals surface area (Å²) in [4.78, 5) is 30.1. The maximum Gasteiger partial charge on any atom is 0.290 e. The molecule has 1 atom stereocenters. The van der Waals surface area contributed by atoms with Gasteiger partial charge in [-0.25, -0.2) is 4.39 Å². The van der Waals surface area contributed by atoms with Crippen LogP contribution in [0.1, 0.15) is 34.1 Å². The molecule has 2 aromatic carbocycles. The highest BCUT2D eigenvalue weighted by molar-refractivity contribution is 6.30. The number of halogens is 2. The molecule has 3 aromatic rings. The van der Waals surface area contributed by atoms with Crippen LogP contribution in [-0.4, -0.2) is 42.9 Å². The summed E-state index contributed by atoms with van der Waals surface area (Å²) < 4.78 is 19.5. The van der Waals surface area contributed by atoms with Gasteiger partial charge >= 0.3 is 0 Å². The predicted octanol–water partition coefficient (Wildman–Crippen LogP) is 4.08. The van der Waals surface area contributed by atoms with E-state index in [2.05, 4.69) is 0 Å². The lowest BCUT2D eigenvalue weighted by Crippen LogP contribution is -2.32. The number of rotatable bonds is 5. The molecule has 0 saturated heterocycles. The fourth-order valence-corrected chi connectivity index (χ4v) is 3.90. The van der Waals surface area contributed by atoms with Crippen molar-refractivity contribution >= 4 is 28.5 Å². The topological polar surface area (TPSA) is 53.8 Å². The SMILES string of the molecule is CN(C)CCCN1C(=O)c2oc3ccc(F)cc3c(=O)c2[C@H]1c1ccc(Cl)cc1. The monoisotopic (exact) mass is 414 g/mol. The lowest BCUT2D eigenvalue weighted by Gasteiger charge is -2.25. The normalized spacial score (nSPS) is 16.1. The second-order valence-corrected chi connectivity index (χ2v) is 7.86. The number of carbonyl (C=O) groups excluding carboxylic acids is 1. The summed E-state index contributed by atoms with van der Waals surface area (Å²) in [7, 11) is 3.92. The van der Waals surface area contributed by atoms with Gasteiger partial charge in [-0.3, -0.25) is 9.59 Å². The fourth-order valence-electron chi connectivity index (χ4n) is 3.77. The molecular formula is C22H20ClFN2O3. The van der Waals surface area contributed by atoms with E-state index in [-0.39, 0.29) is 33.6 Å². The van der Waals surface area contributed by atoms with E-state index >= 15 is 0 Å². The van der Waals surface area contributed by atoms with Gasteiger partial charge in [0.2, 0.25) is 5.76 Å². The van der Waals surface area contributed by atoms with Crippen LogP contribution >= 0.6 is 11.6 Å². The average Bonchev–Trinajstić information content (AvgIpc) is 2.95. The Bertz CT molecular complexity index is 1140. The minimum Gasteiger partial charge on any atom is -0.450 e. The Labute approximate surface area is 172 Å². The molecule has 0 aliphatic carbocycles. The molecule has 5 nitrogen and oxygen atoms in total. The first kappa shape index (κ1) is 19.6. The summed E-state index contributed by atoms with van der Waals surface area (Å²) in [5.41, 5.74) is 0.826. The molecule has 150 valence electrons. The Hall–Kier alpha value is -2.70. The molecule has 0 fully saturated rings. The van der Waals surface area contributed by atoms with E-state index in [4.69, 9.17) is 16.0 Å². The average molecular weight is 415 g/mol. The van der Waals surface area contributed by atoms with Crippen LogP contribution in [0, 0.1) is 5.82 Å². The van der Waals surface area contributed by atoms with Gasteiger partial charge in [0, 0.05) is 11.6 Å². The third kappa shape index (κ3) is 3.54. The molecule has 4 rings (SSSR count). The predicted molar refractivity (Wildman–Crippen MR) is 110 cm³/mol. The molecule has 1 amide bonds. The number of hydrogen-bond donors (Lipinski definition) is 0. The molecule has 1 aliphatic heterocycles. The third-order valence-electron chi connectivity index (χ3n) is 5.12. The van der Waals surface area contributed by atoms with Crippen LogP contribution in [0.4, 0.5) is 4.39 Å². The van der Waals surface area contributed by atoms with Crippen LogP contribution < -0.4 is 5.43 Å². The van der Waals surface area contributed by atoms with E-state index in [1.165, 1.54) is 12.1 Å². The van der Waals surface area contributed by atoms with Gasteiger partial charge in [0.15, 0.2) is 5.43 Å². The molecule has 0 spiro atoms. The molecule has 1 aliphatic rings. The summed E-state index contributed by atoms with van der Waals surface area (Å²) in [6.07, 6.45) is 0.735. The Morgan fingerprint density at radius 3 is 2.55 bits per heavy atom. The number of fused-ring (bicyclic) bond motifs is 2. The third-order valence-corrected chi connectivity index (χ3v) is 5.37. The highest BCUT2D eigenvalue weighted by atomic mass is 35.5. The molecule has 7 heteroatoms. The first-order valence-electron chi connectivity index (χ1n) is 9.34. The second-order valence-electron chi connectivity index (χ2n) is 7.42. The molecule has 0 saturated carbocycles. The van der Waals surface area contributed by atoms with Gasteiger partial charge in [-0.1, -0.05) is 23.7 Å². The maximum atomic E-state index is 13.8. The maximum absolute atomic E-state index is 13.8. The van der Waals surface area contributed by atoms with Crippen molar-refractivity contribution in [3.8, 4) is 0 Å². The quantitative estimate of drug-likeness (QED) is 0.631. The van der Waals surface area contributed by atoms with E-state index < -0.39 is 11.9 Å². The van der Waals surface area contributed by atoms with Crippen molar-refractivity contribution in [2.75, 3.05) is 27.2 Å². The molecule has 29 heavy (non-hydrogen) atoms. The summed E-state index contributed by atoms with van der Waals surface area (Å²) in [5, 5.41) is 0.690. The molecule has 0 bridgehead atoms. The van der Waals surface area contributed by atoms with Crippen molar-refractivity contribution in [2.45, 2.75) is 12.5 Å². The van der Waals surface area contributed by atoms with Crippen LogP contribution in [0.25, 0.3) is 11.0 Å². The zero-order valence-corrected chi connectivity index (χ0v) is 16.9. The van der Waals surface area contributed by atoms with E-state index in [0.29, 0.717) is 11.6 Å². The van der Waals surface area contributed by atoms with Crippen molar-refractivity contribution in [3.05, 3.63) is 80.4 Å². The van der Waals surface area contributed by atoms with Crippen molar-refractivity contribution in [3.63, 3.8) is 0 Å². The summed E-state index contributed by atoms with van der Waals surface area (Å²) in [6.45, 7) is 1.25. The van der Waals surface area contributed by atoms with Gasteiger partial charge in [0.25, 0.3) is 5.91 Å². The lowest BCUT2D eigenvalue weighted by molar-refractivity contribution is 0.0722. The Morgan fingerprint density at radius 2 is 1.86 bits per heavy atom. The minimum atomic E-state index is -0.596. The second kappa shape index (κ2) is 7.61. The number of hydrogen-bond acceptors (Lipinski definition) is 4. The van der Waals surface area contributed by atoms with Gasteiger partial charge in [0.1, 0.15) is 11.4 Å². The van der Waals surface area contributed by atoms with Gasteiger partial charge in [-0.05, 0) is 63.0 Å². The molecule has 0 radical (unpaired) electrons. The summed E-state index contributed by atoms with van der Waals surface area (Å²) in [6, 6.07) is 10.2. The van der Waals surface area contributed by atoms with Crippen LogP contribution in [0.2, 0.25) is 5.02 Å². The summed E-state index contributed by atoms with van der Waals surface area (Å²) in [5.74, 6) is -0.833. The standard InChI is InChI=1S/C22H20ClFN2O3/c1-25(2)10-3-11-26-19(13-4-6-14(23)7-5-13)18-20(27)16-12-15(24)8-9-17(16)29-21(18)22(26)28/h4-9,12,19H,3,10-11H2,1-2H3/t19-/m1/s1. The van der Waals surface area contributed by atoms with Gasteiger partial charge < -0.3 is 14.2 Å². The van der Waals surface area contributed by atoms with E-state index in [9.17, 15) is 14.0 Å². The highest BCUT2D eigenvalue weighted by Crippen LogP contribution is 2.38. The first-order chi connectivity index (χ1) is 13.9. The summed E-state index contributed by atoms with van der Waals surface area (Å²) >= 11 is 6.02. The number of benzene rings is 2. The van der Waals surface area contributed by atoms with Crippen LogP contribution in [0.15, 0.2) is 51.7 Å². The Kier molecular flexibility index (Phi) is 5.15. The van der Waals surface area contributed by atoms with Crippen molar-refractivity contribution < 1.29 is 13.6 Å². The molecular weight excluding hydrogens is 395 g/mol. The highest BCUT2D eigenvalue weighted by Gasteiger charge is 2.42. The molecule has 0 unspecified atom stereocenters. The van der Waals surface area contributed by atoms with Crippen molar-refractivity contribution in [1.29, 1.82) is 0 Å². The first-order valence-corrected chi connectivity index (χ1v) is 9.72. The Balaban J connectivity index is 1.88. The molecule has 2 heterocycles. The van der Waals surface area contributed by atoms with E-state index in [1.54, 1.807) is 29.2 Å². The lowest BCUT2D eigenvalue weighted by atomic mass is 9.98. The largest absolute Gasteiger partial charge is 0.450 e. The number of carbonyl (C=O) groups is 1. The van der Waals surface area contributed by atoms with Crippen molar-refractivity contribution in [1.82, 2.24) is 9.80 Å². The van der Waals surface area contributed by atoms with Crippen LogP contribution in [0.5, 0.6) is 0 Å². The smallest absolute Gasteiger partial charge is 0.290 e. The van der Waals surface area contributed by atoms with Gasteiger partial charge in [-0.15, -0.1) is 0 Å². The fraction of sp³-hybridized carbons (Fsp3) is 0.273. The Morgan fingerprint density at radius 1 is 1.14 bits per heavy atom. The van der Waals surface area contributed by atoms with Crippen LogP contribution in [0.3, 0.4) is 0 Å².